The molecule has 5 nitrogen and oxygen atoms in total. The zero-order valence-electron chi connectivity index (χ0n) is 14.0. The first-order valence-electron chi connectivity index (χ1n) is 8.26. The van der Waals surface area contributed by atoms with Gasteiger partial charge in [0, 0.05) is 30.3 Å². The standard InChI is InChI=1S/C20H17N5S/c21-10-16-1-3-17(4-2-16)12-25-14-22-11-19(25)9-15-5-7-18(8-6-15)20-13-26-24-23-20/h1-8,11,13-14,23-24H,9,12H2. The van der Waals surface area contributed by atoms with Crippen LogP contribution >= 0.6 is 11.9 Å². The first-order valence-corrected chi connectivity index (χ1v) is 9.14. The van der Waals surface area contributed by atoms with E-state index >= 15 is 0 Å². The molecule has 0 saturated heterocycles. The quantitative estimate of drug-likeness (QED) is 0.683. The SMILES string of the molecule is N#Cc1ccc(Cn2cncc2Cc2ccc(C3=CSNN3)cc2)cc1. The van der Waals surface area contributed by atoms with Crippen molar-refractivity contribution in [3.05, 3.63) is 94.4 Å². The van der Waals surface area contributed by atoms with Gasteiger partial charge in [0.1, 0.15) is 0 Å². The van der Waals surface area contributed by atoms with Gasteiger partial charge in [-0.3, -0.25) is 0 Å². The van der Waals surface area contributed by atoms with Gasteiger partial charge in [-0.15, -0.1) is 0 Å². The maximum atomic E-state index is 8.90. The zero-order valence-corrected chi connectivity index (χ0v) is 14.8. The van der Waals surface area contributed by atoms with Crippen molar-refractivity contribution in [1.29, 1.82) is 5.26 Å². The van der Waals surface area contributed by atoms with Gasteiger partial charge in [0.05, 0.1) is 23.7 Å². The third-order valence-electron chi connectivity index (χ3n) is 4.31. The maximum Gasteiger partial charge on any atom is 0.0991 e. The van der Waals surface area contributed by atoms with Crippen LogP contribution in [0, 0.1) is 11.3 Å². The first-order chi connectivity index (χ1) is 12.8. The highest BCUT2D eigenvalue weighted by Gasteiger charge is 2.08. The molecule has 0 amide bonds. The lowest BCUT2D eigenvalue weighted by Crippen LogP contribution is -2.17. The van der Waals surface area contributed by atoms with Gasteiger partial charge in [0.25, 0.3) is 0 Å². The summed E-state index contributed by atoms with van der Waals surface area (Å²) in [6.07, 6.45) is 4.60. The number of imidazole rings is 1. The van der Waals surface area contributed by atoms with E-state index in [9.17, 15) is 0 Å². The molecule has 2 heterocycles. The molecule has 128 valence electrons. The summed E-state index contributed by atoms with van der Waals surface area (Å²) in [6.45, 7) is 0.749. The largest absolute Gasteiger partial charge is 0.330 e. The highest BCUT2D eigenvalue weighted by atomic mass is 32.2. The lowest BCUT2D eigenvalue weighted by Gasteiger charge is -2.09. The fourth-order valence-corrected chi connectivity index (χ4v) is 3.41. The molecule has 0 fully saturated rings. The number of rotatable bonds is 5. The van der Waals surface area contributed by atoms with Gasteiger partial charge in [-0.05, 0) is 40.8 Å². The average Bonchev–Trinajstić information content (AvgIpc) is 3.36. The molecule has 26 heavy (non-hydrogen) atoms. The third kappa shape index (κ3) is 3.64. The van der Waals surface area contributed by atoms with E-state index in [2.05, 4.69) is 55.6 Å². The molecule has 1 aliphatic heterocycles. The highest BCUT2D eigenvalue weighted by molar-refractivity contribution is 8.00. The fraction of sp³-hybridized carbons (Fsp3) is 0.100. The van der Waals surface area contributed by atoms with Gasteiger partial charge in [0.2, 0.25) is 0 Å². The molecule has 1 aliphatic rings. The molecule has 3 aromatic rings. The van der Waals surface area contributed by atoms with Crippen molar-refractivity contribution in [2.24, 2.45) is 0 Å². The molecule has 0 unspecified atom stereocenters. The van der Waals surface area contributed by atoms with Crippen molar-refractivity contribution in [3.63, 3.8) is 0 Å². The molecule has 0 saturated carbocycles. The Morgan fingerprint density at radius 1 is 1.04 bits per heavy atom. The summed E-state index contributed by atoms with van der Waals surface area (Å²) in [7, 11) is 0. The number of nitriles is 1. The van der Waals surface area contributed by atoms with Gasteiger partial charge in [-0.2, -0.15) is 10.1 Å². The second kappa shape index (κ2) is 7.48. The molecule has 0 aliphatic carbocycles. The summed E-state index contributed by atoms with van der Waals surface area (Å²) in [5.74, 6) is 0. The smallest absolute Gasteiger partial charge is 0.0991 e. The Kier molecular flexibility index (Phi) is 4.73. The Balaban J connectivity index is 1.47. The van der Waals surface area contributed by atoms with Crippen LogP contribution in [0.3, 0.4) is 0 Å². The van der Waals surface area contributed by atoms with Crippen LogP contribution in [0.2, 0.25) is 0 Å². The molecule has 4 rings (SSSR count). The number of aromatic nitrogens is 2. The average molecular weight is 359 g/mol. The number of nitrogens with one attached hydrogen (secondary N) is 2. The van der Waals surface area contributed by atoms with Gasteiger partial charge in [0.15, 0.2) is 0 Å². The summed E-state index contributed by atoms with van der Waals surface area (Å²) in [5, 5.41) is 11.0. The second-order valence-corrected chi connectivity index (χ2v) is 6.75. The van der Waals surface area contributed by atoms with Crippen molar-refractivity contribution in [2.45, 2.75) is 13.0 Å². The van der Waals surface area contributed by atoms with E-state index in [0.29, 0.717) is 5.56 Å². The Hall–Kier alpha value is -3.01. The molecule has 0 radical (unpaired) electrons. The summed E-state index contributed by atoms with van der Waals surface area (Å²) in [4.78, 5) is 7.31. The van der Waals surface area contributed by atoms with Crippen molar-refractivity contribution in [2.75, 3.05) is 0 Å². The van der Waals surface area contributed by atoms with Crippen LogP contribution in [-0.2, 0) is 13.0 Å². The number of hydrogen-bond donors (Lipinski definition) is 2. The third-order valence-corrected chi connectivity index (χ3v) is 4.88. The summed E-state index contributed by atoms with van der Waals surface area (Å²) < 4.78 is 2.15. The Bertz CT molecular complexity index is 965. The molecule has 0 spiro atoms. The van der Waals surface area contributed by atoms with Crippen molar-refractivity contribution in [3.8, 4) is 6.07 Å². The molecular formula is C20H17N5S. The number of hydrogen-bond acceptors (Lipinski definition) is 5. The predicted octanol–water partition coefficient (Wildman–Crippen LogP) is 3.45. The first kappa shape index (κ1) is 16.5. The van der Waals surface area contributed by atoms with Crippen LogP contribution in [0.25, 0.3) is 5.70 Å². The van der Waals surface area contributed by atoms with Crippen LogP contribution in [0.15, 0.2) is 66.5 Å². The van der Waals surface area contributed by atoms with Crippen molar-refractivity contribution in [1.82, 2.24) is 19.8 Å². The van der Waals surface area contributed by atoms with Gasteiger partial charge in [-0.25, -0.2) is 4.98 Å². The minimum atomic E-state index is 0.681. The van der Waals surface area contributed by atoms with Crippen LogP contribution < -0.4 is 10.3 Å². The van der Waals surface area contributed by atoms with Crippen LogP contribution in [0.5, 0.6) is 0 Å². The number of benzene rings is 2. The van der Waals surface area contributed by atoms with E-state index in [0.717, 1.165) is 35.5 Å². The second-order valence-electron chi connectivity index (χ2n) is 6.07. The van der Waals surface area contributed by atoms with Crippen LogP contribution in [-0.4, -0.2) is 9.55 Å². The van der Waals surface area contributed by atoms with E-state index in [1.54, 1.807) is 0 Å². The lowest BCUT2D eigenvalue weighted by atomic mass is 10.1. The monoisotopic (exact) mass is 359 g/mol. The van der Waals surface area contributed by atoms with Crippen molar-refractivity contribution < 1.29 is 0 Å². The lowest BCUT2D eigenvalue weighted by molar-refractivity contribution is 0.753. The summed E-state index contributed by atoms with van der Waals surface area (Å²) in [5.41, 5.74) is 9.62. The summed E-state index contributed by atoms with van der Waals surface area (Å²) in [6, 6.07) is 18.4. The van der Waals surface area contributed by atoms with Gasteiger partial charge < -0.3 is 9.99 Å². The fourth-order valence-electron chi connectivity index (χ4n) is 2.87. The molecule has 6 heteroatoms. The topological polar surface area (TPSA) is 65.7 Å². The van der Waals surface area contributed by atoms with E-state index in [-0.39, 0.29) is 0 Å². The molecule has 2 aromatic carbocycles. The Labute approximate surface area is 156 Å². The summed E-state index contributed by atoms with van der Waals surface area (Å²) >= 11 is 1.54. The van der Waals surface area contributed by atoms with E-state index in [4.69, 9.17) is 5.26 Å². The van der Waals surface area contributed by atoms with Gasteiger partial charge in [-0.1, -0.05) is 36.4 Å². The minimum Gasteiger partial charge on any atom is -0.330 e. The molecular weight excluding hydrogens is 342 g/mol. The highest BCUT2D eigenvalue weighted by Crippen LogP contribution is 2.20. The maximum absolute atomic E-state index is 8.90. The normalized spacial score (nSPS) is 13.1. The molecule has 0 atom stereocenters. The van der Waals surface area contributed by atoms with Crippen LogP contribution in [0.1, 0.15) is 27.9 Å². The number of hydrazine groups is 1. The van der Waals surface area contributed by atoms with E-state index < -0.39 is 0 Å². The number of nitrogens with zero attached hydrogens (tertiary/aromatic N) is 3. The van der Waals surface area contributed by atoms with Crippen molar-refractivity contribution >= 4 is 17.6 Å². The van der Waals surface area contributed by atoms with E-state index in [1.165, 1.54) is 17.5 Å². The van der Waals surface area contributed by atoms with Gasteiger partial charge >= 0.3 is 0 Å². The zero-order chi connectivity index (χ0) is 17.8. The molecule has 0 bridgehead atoms. The Morgan fingerprint density at radius 3 is 2.50 bits per heavy atom. The van der Waals surface area contributed by atoms with E-state index in [1.807, 2.05) is 36.8 Å². The minimum absolute atomic E-state index is 0.681. The molecule has 1 aromatic heterocycles. The molecule has 2 N–H and O–H groups in total. The Morgan fingerprint density at radius 2 is 1.81 bits per heavy atom. The predicted molar refractivity (Wildman–Crippen MR) is 104 cm³/mol. The van der Waals surface area contributed by atoms with Crippen LogP contribution in [0.4, 0.5) is 0 Å².